The average molecular weight is 506 g/mol. The number of amides is 2. The van der Waals surface area contributed by atoms with Crippen molar-refractivity contribution in [2.45, 2.75) is 32.0 Å². The number of morpholine rings is 2. The lowest BCUT2D eigenvalue weighted by molar-refractivity contribution is -0.152. The molecule has 3 N–H and O–H groups in total. The predicted octanol–water partition coefficient (Wildman–Crippen LogP) is 2.47. The van der Waals surface area contributed by atoms with Gasteiger partial charge in [0.25, 0.3) is 0 Å². The molecular weight excluding hydrogens is 477 g/mol. The first-order valence-corrected chi connectivity index (χ1v) is 12.1. The number of fused-ring (bicyclic) bond motifs is 3. The fourth-order valence-corrected chi connectivity index (χ4v) is 5.12. The number of anilines is 1. The summed E-state index contributed by atoms with van der Waals surface area (Å²) in [6.07, 6.45) is 1.32. The Morgan fingerprint density at radius 2 is 2.06 bits per heavy atom. The van der Waals surface area contributed by atoms with Crippen LogP contribution in [-0.2, 0) is 25.6 Å². The molecule has 2 fully saturated rings. The van der Waals surface area contributed by atoms with Gasteiger partial charge in [-0.15, -0.1) is 0 Å². The average Bonchev–Trinajstić information content (AvgIpc) is 3.19. The zero-order valence-electron chi connectivity index (χ0n) is 19.7. The van der Waals surface area contributed by atoms with Gasteiger partial charge in [-0.2, -0.15) is 0 Å². The highest BCUT2D eigenvalue weighted by atomic mass is 35.5. The van der Waals surface area contributed by atoms with Gasteiger partial charge in [0.15, 0.2) is 0 Å². The molecule has 5 rings (SSSR count). The number of carbonyl (C=O) groups is 2. The van der Waals surface area contributed by atoms with Gasteiger partial charge in [-0.1, -0.05) is 11.6 Å². The molecule has 1 aromatic carbocycles. The van der Waals surface area contributed by atoms with Crippen LogP contribution in [0.2, 0.25) is 5.02 Å². The molecule has 4 heterocycles. The van der Waals surface area contributed by atoms with Crippen molar-refractivity contribution in [2.75, 3.05) is 51.3 Å². The number of nitrogens with zero attached hydrogens (tertiary/aromatic N) is 2. The van der Waals surface area contributed by atoms with Gasteiger partial charge in [-0.05, 0) is 26.0 Å². The molecule has 1 aromatic heterocycles. The Kier molecular flexibility index (Phi) is 6.47. The Hall–Kier alpha value is -2.66. The molecule has 1 atom stereocenters. The van der Waals surface area contributed by atoms with Gasteiger partial charge in [0.05, 0.1) is 49.7 Å². The van der Waals surface area contributed by atoms with Crippen molar-refractivity contribution in [2.24, 2.45) is 0 Å². The first kappa shape index (κ1) is 24.1. The summed E-state index contributed by atoms with van der Waals surface area (Å²) in [6, 6.07) is 2.64. The molecule has 2 amide bonds. The van der Waals surface area contributed by atoms with E-state index in [-0.39, 0.29) is 25.0 Å². The summed E-state index contributed by atoms with van der Waals surface area (Å²) in [5.74, 6) is -0.755. The third kappa shape index (κ3) is 4.88. The van der Waals surface area contributed by atoms with E-state index in [4.69, 9.17) is 21.1 Å². The Balaban J connectivity index is 1.39. The van der Waals surface area contributed by atoms with Gasteiger partial charge in [0.1, 0.15) is 11.9 Å². The molecule has 2 saturated heterocycles. The Morgan fingerprint density at radius 1 is 1.29 bits per heavy atom. The van der Waals surface area contributed by atoms with Crippen LogP contribution in [0.1, 0.15) is 25.1 Å². The van der Waals surface area contributed by atoms with Gasteiger partial charge in [-0.3, -0.25) is 14.5 Å². The standard InChI is InChI=1S/C24H29ClFN5O4/c1-24(2)13-31(11-20(32)30-3-5-34-6-4-30)19(12-35-24)23(33)29-17-8-14(25)7-15-21-16(26)9-27-10-18(21)28-22(15)17/h7-9,19,27-28H,3-6,10-13H2,1-2H3,(H,29,33)/t19-/m0/s1. The maximum absolute atomic E-state index is 14.5. The topological polar surface area (TPSA) is 98.9 Å². The van der Waals surface area contributed by atoms with Gasteiger partial charge >= 0.3 is 0 Å². The van der Waals surface area contributed by atoms with Crippen molar-refractivity contribution in [3.05, 3.63) is 34.6 Å². The zero-order chi connectivity index (χ0) is 24.7. The summed E-state index contributed by atoms with van der Waals surface area (Å²) in [4.78, 5) is 33.3. The summed E-state index contributed by atoms with van der Waals surface area (Å²) in [7, 11) is 0. The lowest BCUT2D eigenvalue weighted by Gasteiger charge is -2.43. The molecular formula is C24H29ClFN5O4. The maximum atomic E-state index is 14.5. The van der Waals surface area contributed by atoms with Crippen LogP contribution in [0, 0.1) is 0 Å². The molecule has 9 nitrogen and oxygen atoms in total. The summed E-state index contributed by atoms with van der Waals surface area (Å²) in [6.45, 7) is 7.09. The summed E-state index contributed by atoms with van der Waals surface area (Å²) < 4.78 is 25.8. The minimum atomic E-state index is -0.676. The molecule has 3 aliphatic heterocycles. The fraction of sp³-hybridized carbons (Fsp3) is 0.500. The zero-order valence-corrected chi connectivity index (χ0v) is 20.5. The van der Waals surface area contributed by atoms with E-state index in [1.165, 1.54) is 6.20 Å². The molecule has 11 heteroatoms. The highest BCUT2D eigenvalue weighted by molar-refractivity contribution is 6.32. The van der Waals surface area contributed by atoms with Crippen molar-refractivity contribution >= 4 is 45.8 Å². The molecule has 0 radical (unpaired) electrons. The van der Waals surface area contributed by atoms with Crippen LogP contribution < -0.4 is 10.6 Å². The first-order chi connectivity index (χ1) is 16.7. The molecule has 0 aliphatic carbocycles. The van der Waals surface area contributed by atoms with Crippen LogP contribution >= 0.6 is 11.6 Å². The number of ether oxygens (including phenoxy) is 2. The number of H-pyrrole nitrogens is 1. The van der Waals surface area contributed by atoms with Crippen LogP contribution in [0.15, 0.2) is 18.3 Å². The Bertz CT molecular complexity index is 1190. The highest BCUT2D eigenvalue weighted by Gasteiger charge is 2.39. The van der Waals surface area contributed by atoms with E-state index in [0.29, 0.717) is 72.3 Å². The van der Waals surface area contributed by atoms with E-state index in [0.717, 1.165) is 0 Å². The molecule has 0 unspecified atom stereocenters. The van der Waals surface area contributed by atoms with Gasteiger partial charge in [0.2, 0.25) is 11.8 Å². The Labute approximate surface area is 207 Å². The first-order valence-electron chi connectivity index (χ1n) is 11.7. The normalized spacial score (nSPS) is 22.3. The second-order valence-corrected chi connectivity index (χ2v) is 10.1. The molecule has 0 spiro atoms. The predicted molar refractivity (Wildman–Crippen MR) is 131 cm³/mol. The molecule has 2 aromatic rings. The third-order valence-corrected chi connectivity index (χ3v) is 6.83. The third-order valence-electron chi connectivity index (χ3n) is 6.62. The number of benzene rings is 1. The molecule has 188 valence electrons. The summed E-state index contributed by atoms with van der Waals surface area (Å²) in [5.41, 5.74) is 1.66. The van der Waals surface area contributed by atoms with Gasteiger partial charge in [-0.25, -0.2) is 4.39 Å². The largest absolute Gasteiger partial charge is 0.383 e. The number of nitrogens with one attached hydrogen (secondary N) is 3. The molecule has 3 aliphatic rings. The number of aromatic nitrogens is 1. The number of aromatic amines is 1. The smallest absolute Gasteiger partial charge is 0.244 e. The highest BCUT2D eigenvalue weighted by Crippen LogP contribution is 2.37. The van der Waals surface area contributed by atoms with Crippen LogP contribution in [0.25, 0.3) is 16.7 Å². The number of rotatable bonds is 4. The monoisotopic (exact) mass is 505 g/mol. The summed E-state index contributed by atoms with van der Waals surface area (Å²) >= 11 is 6.34. The minimum Gasteiger partial charge on any atom is -0.383 e. The van der Waals surface area contributed by atoms with Gasteiger partial charge < -0.3 is 30.0 Å². The SMILES string of the molecule is CC1(C)CN(CC(=O)N2CCOCC2)[C@H](C(=O)Nc2cc(Cl)cc3c4c([nH]c23)CNC=C4F)CO1. The van der Waals surface area contributed by atoms with E-state index in [9.17, 15) is 14.0 Å². The lowest BCUT2D eigenvalue weighted by atomic mass is 10.0. The van der Waals surface area contributed by atoms with Crippen molar-refractivity contribution in [3.8, 4) is 0 Å². The summed E-state index contributed by atoms with van der Waals surface area (Å²) in [5, 5.41) is 6.80. The van der Waals surface area contributed by atoms with Crippen molar-refractivity contribution < 1.29 is 23.5 Å². The van der Waals surface area contributed by atoms with E-state index in [1.807, 2.05) is 18.7 Å². The van der Waals surface area contributed by atoms with E-state index in [1.54, 1.807) is 17.0 Å². The number of hydrogen-bond donors (Lipinski definition) is 3. The minimum absolute atomic E-state index is 0.0410. The van der Waals surface area contributed by atoms with E-state index < -0.39 is 17.5 Å². The Morgan fingerprint density at radius 3 is 2.83 bits per heavy atom. The van der Waals surface area contributed by atoms with E-state index >= 15 is 0 Å². The second kappa shape index (κ2) is 9.42. The number of halogens is 2. The number of carbonyl (C=O) groups excluding carboxylic acids is 2. The number of hydrogen-bond acceptors (Lipinski definition) is 6. The van der Waals surface area contributed by atoms with Crippen molar-refractivity contribution in [3.63, 3.8) is 0 Å². The maximum Gasteiger partial charge on any atom is 0.244 e. The van der Waals surface area contributed by atoms with Crippen molar-refractivity contribution in [1.29, 1.82) is 0 Å². The van der Waals surface area contributed by atoms with E-state index in [2.05, 4.69) is 15.6 Å². The van der Waals surface area contributed by atoms with Crippen LogP contribution in [-0.4, -0.2) is 84.2 Å². The lowest BCUT2D eigenvalue weighted by Crippen LogP contribution is -2.60. The molecule has 35 heavy (non-hydrogen) atoms. The van der Waals surface area contributed by atoms with Crippen LogP contribution in [0.3, 0.4) is 0 Å². The van der Waals surface area contributed by atoms with Gasteiger partial charge in [0, 0.05) is 47.5 Å². The van der Waals surface area contributed by atoms with Crippen molar-refractivity contribution in [1.82, 2.24) is 20.1 Å². The molecule has 0 saturated carbocycles. The molecule has 0 bridgehead atoms. The fourth-order valence-electron chi connectivity index (χ4n) is 4.90. The van der Waals surface area contributed by atoms with Crippen LogP contribution in [0.5, 0.6) is 0 Å². The quantitative estimate of drug-likeness (QED) is 0.590. The second-order valence-electron chi connectivity index (χ2n) is 9.70. The van der Waals surface area contributed by atoms with Crippen LogP contribution in [0.4, 0.5) is 10.1 Å².